The third-order valence-corrected chi connectivity index (χ3v) is 6.27. The normalized spacial score (nSPS) is 12.2. The molecular weight excluding hydrogens is 400 g/mol. The number of hydrogen-bond donors (Lipinski definition) is 1. The number of rotatable bonds is 8. The van der Waals surface area contributed by atoms with Crippen molar-refractivity contribution in [2.75, 3.05) is 13.7 Å². The molecule has 0 radical (unpaired) electrons. The van der Waals surface area contributed by atoms with Gasteiger partial charge in [0, 0.05) is 25.4 Å². The van der Waals surface area contributed by atoms with Crippen molar-refractivity contribution >= 4 is 17.2 Å². The summed E-state index contributed by atoms with van der Waals surface area (Å²) in [5, 5.41) is 15.0. The third-order valence-electron chi connectivity index (χ3n) is 5.07. The Hall–Kier alpha value is -2.71. The number of nitrogens with zero attached hydrogens (tertiary/aromatic N) is 4. The second kappa shape index (κ2) is 9.40. The van der Waals surface area contributed by atoms with E-state index in [0.29, 0.717) is 17.1 Å². The Morgan fingerprint density at radius 3 is 2.53 bits per heavy atom. The molecular formula is C22H28N4O3S. The summed E-state index contributed by atoms with van der Waals surface area (Å²) in [4.78, 5) is 20.5. The van der Waals surface area contributed by atoms with E-state index in [4.69, 9.17) is 4.74 Å². The Morgan fingerprint density at radius 2 is 2.00 bits per heavy atom. The quantitative estimate of drug-likeness (QED) is 0.594. The molecule has 0 aliphatic heterocycles. The molecule has 0 aliphatic carbocycles. The molecule has 2 heterocycles. The fourth-order valence-corrected chi connectivity index (χ4v) is 4.31. The molecule has 0 fully saturated rings. The van der Waals surface area contributed by atoms with E-state index in [0.717, 1.165) is 21.9 Å². The zero-order chi connectivity index (χ0) is 21.8. The van der Waals surface area contributed by atoms with E-state index >= 15 is 0 Å². The highest BCUT2D eigenvalue weighted by Crippen LogP contribution is 2.30. The number of methoxy groups -OCH3 is 1. The summed E-state index contributed by atoms with van der Waals surface area (Å²) in [7, 11) is 3.47. The summed E-state index contributed by atoms with van der Waals surface area (Å²) in [5.74, 6) is 0.741. The molecule has 1 aromatic carbocycles. The fraction of sp³-hybridized carbons (Fsp3) is 0.409. The SMILES string of the molecule is COc1ccc(CN(C(=O)c2sc(-c3cnn(C)c3)nc2C)[C@H](CO)C(C)C)cc1. The molecule has 0 saturated carbocycles. The van der Waals surface area contributed by atoms with Gasteiger partial charge in [-0.3, -0.25) is 9.48 Å². The van der Waals surface area contributed by atoms with Gasteiger partial charge in [-0.15, -0.1) is 11.3 Å². The van der Waals surface area contributed by atoms with E-state index in [-0.39, 0.29) is 24.5 Å². The highest BCUT2D eigenvalue weighted by molar-refractivity contribution is 7.17. The lowest BCUT2D eigenvalue weighted by atomic mass is 10.0. The van der Waals surface area contributed by atoms with Crippen LogP contribution in [0.1, 0.15) is 34.8 Å². The number of amides is 1. The summed E-state index contributed by atoms with van der Waals surface area (Å²) >= 11 is 1.36. The lowest BCUT2D eigenvalue weighted by Gasteiger charge is -2.33. The Morgan fingerprint density at radius 1 is 1.30 bits per heavy atom. The molecule has 3 aromatic rings. The lowest BCUT2D eigenvalue weighted by Crippen LogP contribution is -2.45. The van der Waals surface area contributed by atoms with Crippen molar-refractivity contribution in [3.63, 3.8) is 0 Å². The molecule has 0 saturated heterocycles. The number of hydrogen-bond acceptors (Lipinski definition) is 6. The van der Waals surface area contributed by atoms with Crippen molar-refractivity contribution in [2.24, 2.45) is 13.0 Å². The van der Waals surface area contributed by atoms with Crippen molar-refractivity contribution in [2.45, 2.75) is 33.4 Å². The van der Waals surface area contributed by atoms with Gasteiger partial charge in [0.1, 0.15) is 15.6 Å². The minimum atomic E-state index is -0.303. The van der Waals surface area contributed by atoms with Gasteiger partial charge >= 0.3 is 0 Å². The number of carbonyl (C=O) groups is 1. The van der Waals surface area contributed by atoms with E-state index in [1.807, 2.05) is 58.3 Å². The predicted octanol–water partition coefficient (Wildman–Crippen LogP) is 3.52. The Kier molecular flexibility index (Phi) is 6.89. The highest BCUT2D eigenvalue weighted by atomic mass is 32.1. The van der Waals surface area contributed by atoms with Gasteiger partial charge in [0.2, 0.25) is 0 Å². The van der Waals surface area contributed by atoms with E-state index in [9.17, 15) is 9.90 Å². The maximum absolute atomic E-state index is 13.6. The van der Waals surface area contributed by atoms with Crippen molar-refractivity contribution in [3.8, 4) is 16.3 Å². The van der Waals surface area contributed by atoms with Crippen molar-refractivity contribution < 1.29 is 14.6 Å². The number of aliphatic hydroxyl groups excluding tert-OH is 1. The smallest absolute Gasteiger partial charge is 0.266 e. The standard InChI is InChI=1S/C22H28N4O3S/c1-14(2)19(13-27)26(11-16-6-8-18(29-5)9-7-16)22(28)20-15(3)24-21(30-20)17-10-23-25(4)12-17/h6-10,12,14,19,27H,11,13H2,1-5H3/t19-/m1/s1. The average molecular weight is 429 g/mol. The monoisotopic (exact) mass is 428 g/mol. The minimum Gasteiger partial charge on any atom is -0.497 e. The van der Waals surface area contributed by atoms with Gasteiger partial charge in [-0.1, -0.05) is 26.0 Å². The summed E-state index contributed by atoms with van der Waals surface area (Å²) in [6, 6.07) is 7.32. The van der Waals surface area contributed by atoms with Crippen LogP contribution in [0.5, 0.6) is 5.75 Å². The summed E-state index contributed by atoms with van der Waals surface area (Å²) < 4.78 is 6.94. The molecule has 8 heteroatoms. The van der Waals surface area contributed by atoms with Crippen LogP contribution in [0.4, 0.5) is 0 Å². The van der Waals surface area contributed by atoms with E-state index in [1.54, 1.807) is 22.9 Å². The van der Waals surface area contributed by atoms with E-state index < -0.39 is 0 Å². The van der Waals surface area contributed by atoms with Gasteiger partial charge in [-0.25, -0.2) is 4.98 Å². The van der Waals surface area contributed by atoms with Crippen LogP contribution in [0.2, 0.25) is 0 Å². The minimum absolute atomic E-state index is 0.100. The first-order valence-electron chi connectivity index (χ1n) is 9.85. The third kappa shape index (κ3) is 4.71. The second-order valence-corrected chi connectivity index (χ2v) is 8.61. The Bertz CT molecular complexity index is 994. The van der Waals surface area contributed by atoms with Gasteiger partial charge in [0.25, 0.3) is 5.91 Å². The van der Waals surface area contributed by atoms with Gasteiger partial charge in [-0.05, 0) is 30.5 Å². The largest absolute Gasteiger partial charge is 0.497 e. The molecule has 3 rings (SSSR count). The van der Waals surface area contributed by atoms with Crippen LogP contribution in [0, 0.1) is 12.8 Å². The number of aliphatic hydroxyl groups is 1. The predicted molar refractivity (Wildman–Crippen MR) is 118 cm³/mol. The zero-order valence-electron chi connectivity index (χ0n) is 18.0. The molecule has 160 valence electrons. The Balaban J connectivity index is 1.94. The lowest BCUT2D eigenvalue weighted by molar-refractivity contribution is 0.0486. The molecule has 0 aliphatic rings. The molecule has 0 spiro atoms. The van der Waals surface area contributed by atoms with Crippen molar-refractivity contribution in [3.05, 3.63) is 52.8 Å². The average Bonchev–Trinajstić information content (AvgIpc) is 3.33. The number of ether oxygens (including phenoxy) is 1. The molecule has 0 unspecified atom stereocenters. The molecule has 7 nitrogen and oxygen atoms in total. The first kappa shape index (κ1) is 22.0. The van der Waals surface area contributed by atoms with Crippen LogP contribution >= 0.6 is 11.3 Å². The number of benzene rings is 1. The van der Waals surface area contributed by atoms with Crippen molar-refractivity contribution in [1.82, 2.24) is 19.7 Å². The molecule has 1 atom stereocenters. The van der Waals surface area contributed by atoms with E-state index in [1.165, 1.54) is 11.3 Å². The maximum Gasteiger partial charge on any atom is 0.266 e. The molecule has 1 N–H and O–H groups in total. The van der Waals surface area contributed by atoms with Crippen LogP contribution < -0.4 is 4.74 Å². The van der Waals surface area contributed by atoms with Gasteiger partial charge in [-0.2, -0.15) is 5.10 Å². The topological polar surface area (TPSA) is 80.5 Å². The van der Waals surface area contributed by atoms with Crippen LogP contribution in [-0.2, 0) is 13.6 Å². The molecule has 1 amide bonds. The Labute approximate surface area is 180 Å². The second-order valence-electron chi connectivity index (χ2n) is 7.61. The first-order valence-corrected chi connectivity index (χ1v) is 10.7. The van der Waals surface area contributed by atoms with Crippen LogP contribution in [0.3, 0.4) is 0 Å². The molecule has 0 bridgehead atoms. The number of carbonyl (C=O) groups excluding carboxylic acids is 1. The van der Waals surface area contributed by atoms with Gasteiger partial charge in [0.15, 0.2) is 0 Å². The van der Waals surface area contributed by atoms with Gasteiger partial charge in [0.05, 0.1) is 31.6 Å². The van der Waals surface area contributed by atoms with Crippen LogP contribution in [-0.4, -0.2) is 50.4 Å². The molecule has 30 heavy (non-hydrogen) atoms. The zero-order valence-corrected chi connectivity index (χ0v) is 18.8. The van der Waals surface area contributed by atoms with E-state index in [2.05, 4.69) is 10.1 Å². The number of aromatic nitrogens is 3. The highest BCUT2D eigenvalue weighted by Gasteiger charge is 2.30. The summed E-state index contributed by atoms with van der Waals surface area (Å²) in [5.41, 5.74) is 2.54. The van der Waals surface area contributed by atoms with Crippen LogP contribution in [0.25, 0.3) is 10.6 Å². The summed E-state index contributed by atoms with van der Waals surface area (Å²) in [6.07, 6.45) is 3.62. The van der Waals surface area contributed by atoms with Gasteiger partial charge < -0.3 is 14.7 Å². The maximum atomic E-state index is 13.6. The fourth-order valence-electron chi connectivity index (χ4n) is 3.32. The first-order chi connectivity index (χ1) is 14.3. The number of aryl methyl sites for hydroxylation is 2. The number of thiazole rings is 1. The summed E-state index contributed by atoms with van der Waals surface area (Å²) in [6.45, 7) is 6.16. The van der Waals surface area contributed by atoms with Crippen molar-refractivity contribution in [1.29, 1.82) is 0 Å². The van der Waals surface area contributed by atoms with Crippen LogP contribution in [0.15, 0.2) is 36.7 Å². The molecule has 2 aromatic heterocycles.